The number of para-hydroxylation sites is 2. The highest BCUT2D eigenvalue weighted by Crippen LogP contribution is 2.17. The van der Waals surface area contributed by atoms with Gasteiger partial charge >= 0.3 is 12.1 Å². The van der Waals surface area contributed by atoms with Gasteiger partial charge in [0, 0.05) is 48.9 Å². The van der Waals surface area contributed by atoms with Crippen LogP contribution in [-0.4, -0.2) is 55.6 Å². The van der Waals surface area contributed by atoms with E-state index in [1.807, 2.05) is 36.4 Å². The first kappa shape index (κ1) is 23.6. The molecule has 0 aromatic heterocycles. The topological polar surface area (TPSA) is 106 Å². The third kappa shape index (κ3) is 6.97. The first-order valence-electron chi connectivity index (χ1n) is 11.4. The Morgan fingerprint density at radius 3 is 1.83 bits per heavy atom. The number of nitrogens with zero attached hydrogens (tertiary/aromatic N) is 2. The standard InChI is InChI=1S/C26H28N6O3/c33-24(32-16-14-31(15-17-32)23-12-5-2-6-13-23)19-27-25(34)29-21-10-7-11-22(18-21)30-26(35)28-20-8-3-1-4-9-20/h1-13,18H,14-17,19H2,(H2,27,29,34)(H2,28,30,35). The highest BCUT2D eigenvalue weighted by Gasteiger charge is 2.21. The average molecular weight is 473 g/mol. The van der Waals surface area contributed by atoms with Crippen molar-refractivity contribution in [1.29, 1.82) is 0 Å². The van der Waals surface area contributed by atoms with Crippen LogP contribution < -0.4 is 26.2 Å². The Morgan fingerprint density at radius 1 is 0.629 bits per heavy atom. The van der Waals surface area contributed by atoms with E-state index in [1.165, 1.54) is 0 Å². The van der Waals surface area contributed by atoms with Crippen molar-refractivity contribution in [2.45, 2.75) is 0 Å². The summed E-state index contributed by atoms with van der Waals surface area (Å²) in [6.45, 7) is 2.62. The molecule has 0 saturated carbocycles. The molecule has 1 heterocycles. The lowest BCUT2D eigenvalue weighted by Crippen LogP contribution is -2.51. The molecule has 3 aromatic rings. The van der Waals surface area contributed by atoms with Crippen molar-refractivity contribution in [2.75, 3.05) is 53.6 Å². The fourth-order valence-electron chi connectivity index (χ4n) is 3.79. The van der Waals surface area contributed by atoms with E-state index in [2.05, 4.69) is 38.3 Å². The average Bonchev–Trinajstić information content (AvgIpc) is 2.88. The molecule has 9 heteroatoms. The van der Waals surface area contributed by atoms with Gasteiger partial charge < -0.3 is 31.1 Å². The second-order valence-electron chi connectivity index (χ2n) is 8.04. The van der Waals surface area contributed by atoms with Crippen LogP contribution in [0.4, 0.5) is 32.3 Å². The molecule has 1 aliphatic heterocycles. The zero-order valence-electron chi connectivity index (χ0n) is 19.2. The van der Waals surface area contributed by atoms with E-state index in [9.17, 15) is 14.4 Å². The van der Waals surface area contributed by atoms with Gasteiger partial charge in [0.25, 0.3) is 0 Å². The molecular weight excluding hydrogens is 444 g/mol. The van der Waals surface area contributed by atoms with Crippen molar-refractivity contribution in [1.82, 2.24) is 10.2 Å². The van der Waals surface area contributed by atoms with Crippen LogP contribution in [0.25, 0.3) is 0 Å². The van der Waals surface area contributed by atoms with Gasteiger partial charge in [-0.2, -0.15) is 0 Å². The van der Waals surface area contributed by atoms with Crippen LogP contribution in [0.15, 0.2) is 84.9 Å². The Bertz CT molecular complexity index is 1150. The van der Waals surface area contributed by atoms with Crippen LogP contribution in [0.2, 0.25) is 0 Å². The molecular formula is C26H28N6O3. The molecule has 1 aliphatic rings. The first-order valence-corrected chi connectivity index (χ1v) is 11.4. The highest BCUT2D eigenvalue weighted by atomic mass is 16.2. The Balaban J connectivity index is 1.20. The maximum atomic E-state index is 12.5. The van der Waals surface area contributed by atoms with Crippen molar-refractivity contribution in [3.63, 3.8) is 0 Å². The van der Waals surface area contributed by atoms with E-state index < -0.39 is 12.1 Å². The Labute approximate surface area is 204 Å². The molecule has 0 unspecified atom stereocenters. The minimum Gasteiger partial charge on any atom is -0.368 e. The second-order valence-corrected chi connectivity index (χ2v) is 8.04. The van der Waals surface area contributed by atoms with Gasteiger partial charge in [-0.1, -0.05) is 42.5 Å². The summed E-state index contributed by atoms with van der Waals surface area (Å²) in [6, 6.07) is 25.1. The van der Waals surface area contributed by atoms with E-state index >= 15 is 0 Å². The number of benzene rings is 3. The molecule has 0 radical (unpaired) electrons. The van der Waals surface area contributed by atoms with Crippen LogP contribution in [0.3, 0.4) is 0 Å². The summed E-state index contributed by atoms with van der Waals surface area (Å²) in [5.74, 6) is -0.124. The minimum atomic E-state index is -0.493. The van der Waals surface area contributed by atoms with Gasteiger partial charge in [0.1, 0.15) is 0 Å². The van der Waals surface area contributed by atoms with E-state index in [4.69, 9.17) is 0 Å². The summed E-state index contributed by atoms with van der Waals surface area (Å²) in [5.41, 5.74) is 2.82. The lowest BCUT2D eigenvalue weighted by Gasteiger charge is -2.36. The molecule has 0 atom stereocenters. The summed E-state index contributed by atoms with van der Waals surface area (Å²) in [5, 5.41) is 10.8. The van der Waals surface area contributed by atoms with Gasteiger partial charge in [0.2, 0.25) is 5.91 Å². The molecule has 0 aliphatic carbocycles. The van der Waals surface area contributed by atoms with E-state index in [0.717, 1.165) is 18.8 Å². The molecule has 35 heavy (non-hydrogen) atoms. The fourth-order valence-corrected chi connectivity index (χ4v) is 3.79. The lowest BCUT2D eigenvalue weighted by molar-refractivity contribution is -0.130. The highest BCUT2D eigenvalue weighted by molar-refractivity contribution is 6.00. The number of rotatable bonds is 6. The van der Waals surface area contributed by atoms with Crippen molar-refractivity contribution in [3.8, 4) is 0 Å². The number of piperazine rings is 1. The lowest BCUT2D eigenvalue weighted by atomic mass is 10.2. The molecule has 4 rings (SSSR count). The Hall–Kier alpha value is -4.53. The summed E-state index contributed by atoms with van der Waals surface area (Å²) in [6.07, 6.45) is 0. The van der Waals surface area contributed by atoms with Crippen LogP contribution in [-0.2, 0) is 4.79 Å². The second kappa shape index (κ2) is 11.6. The van der Waals surface area contributed by atoms with E-state index in [-0.39, 0.29) is 12.5 Å². The molecule has 1 fully saturated rings. The molecule has 180 valence electrons. The van der Waals surface area contributed by atoms with Crippen molar-refractivity contribution < 1.29 is 14.4 Å². The predicted molar refractivity (Wildman–Crippen MR) is 138 cm³/mol. The maximum absolute atomic E-state index is 12.5. The van der Waals surface area contributed by atoms with Crippen LogP contribution >= 0.6 is 0 Å². The number of anilines is 4. The van der Waals surface area contributed by atoms with Crippen molar-refractivity contribution in [2.24, 2.45) is 0 Å². The molecule has 0 spiro atoms. The van der Waals surface area contributed by atoms with E-state index in [1.54, 1.807) is 41.3 Å². The monoisotopic (exact) mass is 472 g/mol. The van der Waals surface area contributed by atoms with Gasteiger partial charge in [-0.25, -0.2) is 9.59 Å². The third-order valence-corrected chi connectivity index (χ3v) is 5.56. The Morgan fingerprint density at radius 2 is 1.17 bits per heavy atom. The van der Waals surface area contributed by atoms with Crippen LogP contribution in [0, 0.1) is 0 Å². The number of carbonyl (C=O) groups excluding carboxylic acids is 3. The number of nitrogens with one attached hydrogen (secondary N) is 4. The molecule has 3 aromatic carbocycles. The summed E-state index contributed by atoms with van der Waals surface area (Å²) < 4.78 is 0. The summed E-state index contributed by atoms with van der Waals surface area (Å²) in [4.78, 5) is 41.0. The fraction of sp³-hybridized carbons (Fsp3) is 0.192. The Kier molecular flexibility index (Phi) is 7.80. The third-order valence-electron chi connectivity index (χ3n) is 5.56. The number of urea groups is 2. The van der Waals surface area contributed by atoms with Crippen molar-refractivity contribution in [3.05, 3.63) is 84.9 Å². The van der Waals surface area contributed by atoms with Gasteiger partial charge in [0.15, 0.2) is 0 Å². The SMILES string of the molecule is O=C(NCC(=O)N1CCN(c2ccccc2)CC1)Nc1cccc(NC(=O)Nc2ccccc2)c1. The number of carbonyl (C=O) groups is 3. The number of amides is 5. The minimum absolute atomic E-state index is 0.0887. The van der Waals surface area contributed by atoms with Gasteiger partial charge in [-0.05, 0) is 42.5 Å². The van der Waals surface area contributed by atoms with Gasteiger partial charge in [-0.3, -0.25) is 4.79 Å². The molecule has 9 nitrogen and oxygen atoms in total. The quantitative estimate of drug-likeness (QED) is 0.438. The first-order chi connectivity index (χ1) is 17.1. The zero-order chi connectivity index (χ0) is 24.5. The van der Waals surface area contributed by atoms with Crippen LogP contribution in [0.1, 0.15) is 0 Å². The maximum Gasteiger partial charge on any atom is 0.323 e. The van der Waals surface area contributed by atoms with Crippen molar-refractivity contribution >= 4 is 40.7 Å². The number of hydrogen-bond acceptors (Lipinski definition) is 4. The molecule has 4 N–H and O–H groups in total. The van der Waals surface area contributed by atoms with Gasteiger partial charge in [-0.15, -0.1) is 0 Å². The summed E-state index contributed by atoms with van der Waals surface area (Å²) >= 11 is 0. The van der Waals surface area contributed by atoms with Gasteiger partial charge in [0.05, 0.1) is 6.54 Å². The largest absolute Gasteiger partial charge is 0.368 e. The van der Waals surface area contributed by atoms with Crippen LogP contribution in [0.5, 0.6) is 0 Å². The molecule has 5 amide bonds. The molecule has 0 bridgehead atoms. The summed E-state index contributed by atoms with van der Waals surface area (Å²) in [7, 11) is 0. The predicted octanol–water partition coefficient (Wildman–Crippen LogP) is 3.80. The number of hydrogen-bond donors (Lipinski definition) is 4. The van der Waals surface area contributed by atoms with E-state index in [0.29, 0.717) is 30.2 Å². The smallest absolute Gasteiger partial charge is 0.323 e. The normalized spacial score (nSPS) is 13.0. The zero-order valence-corrected chi connectivity index (χ0v) is 19.2. The molecule has 1 saturated heterocycles.